The lowest BCUT2D eigenvalue weighted by Gasteiger charge is -2.17. The molecule has 1 saturated carbocycles. The third-order valence-electron chi connectivity index (χ3n) is 4.60. The van der Waals surface area contributed by atoms with Gasteiger partial charge in [0, 0.05) is 39.3 Å². The summed E-state index contributed by atoms with van der Waals surface area (Å²) in [5.74, 6) is 2.45. The molecular weight excluding hydrogens is 364 g/mol. The van der Waals surface area contributed by atoms with E-state index < -0.39 is 10.0 Å². The molecule has 0 bridgehead atoms. The topological polar surface area (TPSA) is 83.0 Å². The van der Waals surface area contributed by atoms with Gasteiger partial charge in [0.1, 0.15) is 5.75 Å². The van der Waals surface area contributed by atoms with Gasteiger partial charge in [-0.1, -0.05) is 18.2 Å². The number of nitrogens with zero attached hydrogens (tertiary/aromatic N) is 2. The minimum atomic E-state index is -3.12. The van der Waals surface area contributed by atoms with Crippen molar-refractivity contribution in [3.05, 3.63) is 29.8 Å². The average Bonchev–Trinajstić information content (AvgIpc) is 3.50. The molecule has 0 spiro atoms. The predicted octanol–water partition coefficient (Wildman–Crippen LogP) is 1.81. The molecule has 8 heteroatoms. The summed E-state index contributed by atoms with van der Waals surface area (Å²) in [5.41, 5.74) is 1.09. The molecule has 2 N–H and O–H groups in total. The summed E-state index contributed by atoms with van der Waals surface area (Å²) in [6.45, 7) is 4.19. The largest absolute Gasteiger partial charge is 0.493 e. The summed E-state index contributed by atoms with van der Waals surface area (Å²) in [7, 11) is 0.219. The number of hydrogen-bond donors (Lipinski definition) is 2. The van der Waals surface area contributed by atoms with Crippen molar-refractivity contribution in [2.75, 3.05) is 39.5 Å². The van der Waals surface area contributed by atoms with Crippen LogP contribution in [0, 0.1) is 5.92 Å². The molecule has 0 radical (unpaired) electrons. The highest BCUT2D eigenvalue weighted by molar-refractivity contribution is 7.89. The second kappa shape index (κ2) is 10.5. The molecule has 1 aliphatic carbocycles. The van der Waals surface area contributed by atoms with Crippen LogP contribution in [0.5, 0.6) is 5.75 Å². The summed E-state index contributed by atoms with van der Waals surface area (Å²) < 4.78 is 30.8. The Labute approximate surface area is 163 Å². The maximum absolute atomic E-state index is 11.7. The first kappa shape index (κ1) is 21.5. The van der Waals surface area contributed by atoms with Crippen LogP contribution in [-0.4, -0.2) is 58.2 Å². The Bertz CT molecular complexity index is 717. The summed E-state index contributed by atoms with van der Waals surface area (Å²) in [6.07, 6.45) is 3.25. The fourth-order valence-corrected chi connectivity index (χ4v) is 3.40. The maximum Gasteiger partial charge on any atom is 0.213 e. The zero-order valence-corrected chi connectivity index (χ0v) is 17.4. The third kappa shape index (κ3) is 7.38. The van der Waals surface area contributed by atoms with Crippen LogP contribution >= 0.6 is 0 Å². The minimum Gasteiger partial charge on any atom is -0.493 e. The van der Waals surface area contributed by atoms with Crippen molar-refractivity contribution >= 4 is 16.0 Å². The Hall–Kier alpha value is -1.80. The summed E-state index contributed by atoms with van der Waals surface area (Å²) in [6, 6.07) is 8.04. The molecule has 0 unspecified atom stereocenters. The number of guanidine groups is 1. The van der Waals surface area contributed by atoms with E-state index in [4.69, 9.17) is 4.74 Å². The number of rotatable bonds is 11. The van der Waals surface area contributed by atoms with E-state index in [1.807, 2.05) is 24.3 Å². The normalized spacial score (nSPS) is 15.0. The van der Waals surface area contributed by atoms with Gasteiger partial charge in [0.05, 0.1) is 12.4 Å². The number of benzene rings is 1. The summed E-state index contributed by atoms with van der Waals surface area (Å²) in [5, 5.41) is 6.51. The summed E-state index contributed by atoms with van der Waals surface area (Å²) in [4.78, 5) is 4.22. The van der Waals surface area contributed by atoms with E-state index in [1.54, 1.807) is 21.0 Å². The van der Waals surface area contributed by atoms with Crippen LogP contribution in [0.1, 0.15) is 31.7 Å². The van der Waals surface area contributed by atoms with E-state index >= 15 is 0 Å². The molecule has 152 valence electrons. The number of hydrogen-bond acceptors (Lipinski definition) is 4. The highest BCUT2D eigenvalue weighted by Crippen LogP contribution is 2.30. The molecule has 0 heterocycles. The second-order valence-corrected chi connectivity index (χ2v) is 9.15. The van der Waals surface area contributed by atoms with Crippen LogP contribution in [0.3, 0.4) is 0 Å². The Morgan fingerprint density at radius 2 is 2.04 bits per heavy atom. The van der Waals surface area contributed by atoms with Gasteiger partial charge < -0.3 is 15.4 Å². The van der Waals surface area contributed by atoms with E-state index in [1.165, 1.54) is 17.1 Å². The van der Waals surface area contributed by atoms with Crippen molar-refractivity contribution in [2.24, 2.45) is 10.9 Å². The highest BCUT2D eigenvalue weighted by atomic mass is 32.2. The van der Waals surface area contributed by atoms with E-state index in [0.717, 1.165) is 23.8 Å². The van der Waals surface area contributed by atoms with Gasteiger partial charge >= 0.3 is 0 Å². The zero-order chi connectivity index (χ0) is 19.7. The lowest BCUT2D eigenvalue weighted by Crippen LogP contribution is -2.38. The molecule has 1 aliphatic rings. The van der Waals surface area contributed by atoms with Crippen molar-refractivity contribution in [1.82, 2.24) is 14.9 Å². The molecule has 0 saturated heterocycles. The lowest BCUT2D eigenvalue weighted by molar-refractivity contribution is 0.296. The fourth-order valence-electron chi connectivity index (χ4n) is 2.55. The van der Waals surface area contributed by atoms with E-state index in [-0.39, 0.29) is 5.75 Å². The molecule has 0 amide bonds. The van der Waals surface area contributed by atoms with Gasteiger partial charge in [0.15, 0.2) is 5.96 Å². The van der Waals surface area contributed by atoms with Crippen molar-refractivity contribution < 1.29 is 13.2 Å². The van der Waals surface area contributed by atoms with Crippen molar-refractivity contribution in [2.45, 2.75) is 32.7 Å². The Morgan fingerprint density at radius 3 is 2.70 bits per heavy atom. The van der Waals surface area contributed by atoms with Gasteiger partial charge in [-0.15, -0.1) is 0 Å². The zero-order valence-electron chi connectivity index (χ0n) is 16.6. The van der Waals surface area contributed by atoms with Gasteiger partial charge in [-0.2, -0.15) is 0 Å². The molecule has 1 fully saturated rings. The smallest absolute Gasteiger partial charge is 0.213 e. The molecule has 1 aromatic carbocycles. The summed E-state index contributed by atoms with van der Waals surface area (Å²) >= 11 is 0. The Kier molecular flexibility index (Phi) is 8.37. The van der Waals surface area contributed by atoms with Gasteiger partial charge in [0.2, 0.25) is 10.0 Å². The predicted molar refractivity (Wildman–Crippen MR) is 110 cm³/mol. The van der Waals surface area contributed by atoms with Crippen LogP contribution in [0.15, 0.2) is 29.3 Å². The van der Waals surface area contributed by atoms with Crippen LogP contribution in [0.25, 0.3) is 0 Å². The third-order valence-corrected chi connectivity index (χ3v) is 6.46. The number of nitrogens with one attached hydrogen (secondary N) is 2. The molecule has 0 aromatic heterocycles. The van der Waals surface area contributed by atoms with Crippen LogP contribution in [-0.2, 0) is 16.6 Å². The molecule has 2 rings (SSSR count). The van der Waals surface area contributed by atoms with Gasteiger partial charge in [0.25, 0.3) is 0 Å². The lowest BCUT2D eigenvalue weighted by atomic mass is 10.2. The SMILES string of the molecule is CCS(=O)(=O)N(C)CCCNC(=NC)NCc1ccccc1OCC1CC1. The van der Waals surface area contributed by atoms with Gasteiger partial charge in [-0.05, 0) is 38.2 Å². The van der Waals surface area contributed by atoms with E-state index in [0.29, 0.717) is 32.0 Å². The van der Waals surface area contributed by atoms with E-state index in [2.05, 4.69) is 15.6 Å². The molecule has 27 heavy (non-hydrogen) atoms. The van der Waals surface area contributed by atoms with Crippen LogP contribution < -0.4 is 15.4 Å². The first-order valence-corrected chi connectivity index (χ1v) is 11.2. The minimum absolute atomic E-state index is 0.127. The van der Waals surface area contributed by atoms with Crippen LogP contribution in [0.2, 0.25) is 0 Å². The molecule has 0 aliphatic heterocycles. The standard InChI is InChI=1S/C19H32N4O3S/c1-4-27(24,25)23(3)13-7-12-21-19(20-2)22-14-17-8-5-6-9-18(17)26-15-16-10-11-16/h5-6,8-9,16H,4,7,10-15H2,1-3H3,(H2,20,21,22). The van der Waals surface area contributed by atoms with E-state index in [9.17, 15) is 8.42 Å². The first-order chi connectivity index (χ1) is 13.0. The Balaban J connectivity index is 1.74. The first-order valence-electron chi connectivity index (χ1n) is 9.55. The highest BCUT2D eigenvalue weighted by Gasteiger charge is 2.22. The molecule has 7 nitrogen and oxygen atoms in total. The van der Waals surface area contributed by atoms with Crippen molar-refractivity contribution in [1.29, 1.82) is 0 Å². The molecular formula is C19H32N4O3S. The second-order valence-electron chi connectivity index (χ2n) is 6.79. The van der Waals surface area contributed by atoms with Crippen LogP contribution in [0.4, 0.5) is 0 Å². The quantitative estimate of drug-likeness (QED) is 0.339. The fraction of sp³-hybridized carbons (Fsp3) is 0.632. The van der Waals surface area contributed by atoms with Crippen molar-refractivity contribution in [3.8, 4) is 5.75 Å². The van der Waals surface area contributed by atoms with Gasteiger partial charge in [-0.3, -0.25) is 4.99 Å². The Morgan fingerprint density at radius 1 is 1.30 bits per heavy atom. The molecule has 0 atom stereocenters. The monoisotopic (exact) mass is 396 g/mol. The number of para-hydroxylation sites is 1. The number of ether oxygens (including phenoxy) is 1. The average molecular weight is 397 g/mol. The number of sulfonamides is 1. The van der Waals surface area contributed by atoms with Crippen molar-refractivity contribution in [3.63, 3.8) is 0 Å². The van der Waals surface area contributed by atoms with Gasteiger partial charge in [-0.25, -0.2) is 12.7 Å². The number of aliphatic imine (C=N–C) groups is 1. The maximum atomic E-state index is 11.7. The molecule has 1 aromatic rings.